The monoisotopic (exact) mass is 177 g/mol. The minimum atomic E-state index is -4.67. The highest BCUT2D eigenvalue weighted by molar-refractivity contribution is 7.79. The van der Waals surface area contributed by atoms with Gasteiger partial charge < -0.3 is 16.3 Å². The van der Waals surface area contributed by atoms with E-state index in [1.54, 1.807) is 0 Å². The molecule has 0 aliphatic rings. The molecule has 7 nitrogen and oxygen atoms in total. The summed E-state index contributed by atoms with van der Waals surface area (Å²) in [6.45, 7) is 1.50. The highest BCUT2D eigenvalue weighted by Gasteiger charge is 1.84. The van der Waals surface area contributed by atoms with Crippen LogP contribution in [0.1, 0.15) is 6.92 Å². The second kappa shape index (κ2) is 6.86. The Kier molecular flexibility index (Phi) is 11.2. The van der Waals surface area contributed by atoms with E-state index >= 15 is 0 Å². The van der Waals surface area contributed by atoms with Crippen LogP contribution < -0.4 is 5.73 Å². The van der Waals surface area contributed by atoms with Crippen molar-refractivity contribution in [2.75, 3.05) is 0 Å². The second-order valence-corrected chi connectivity index (χ2v) is 2.08. The van der Waals surface area contributed by atoms with E-state index in [1.807, 2.05) is 0 Å². The van der Waals surface area contributed by atoms with Crippen molar-refractivity contribution in [1.29, 1.82) is 0 Å². The number of rotatable bonds is 0. The number of hydrogen-bond acceptors (Lipinski definition) is 4. The number of aliphatic hydroxyl groups is 1. The van der Waals surface area contributed by atoms with Gasteiger partial charge in [-0.1, -0.05) is 0 Å². The number of aliphatic hydroxyl groups excluding tert-OH is 1. The molecule has 8 heteroatoms. The van der Waals surface area contributed by atoms with Crippen LogP contribution in [0.2, 0.25) is 0 Å². The molecule has 0 spiro atoms. The molecule has 10 heavy (non-hydrogen) atoms. The highest BCUT2D eigenvalue weighted by Crippen LogP contribution is 1.59. The van der Waals surface area contributed by atoms with Gasteiger partial charge in [0.05, 0.1) is 6.23 Å². The molecule has 0 radical (unpaired) electrons. The Morgan fingerprint density at radius 3 is 1.40 bits per heavy atom. The molecule has 0 aromatic rings. The Balaban J connectivity index is -0.0000000910. The lowest BCUT2D eigenvalue weighted by Crippen LogP contribution is -2.11. The van der Waals surface area contributed by atoms with Gasteiger partial charge in [0.1, 0.15) is 0 Å². The zero-order valence-corrected chi connectivity index (χ0v) is 6.04. The first kappa shape index (κ1) is 16.4. The predicted molar refractivity (Wildman–Crippen MR) is 33.7 cm³/mol. The van der Waals surface area contributed by atoms with Crippen molar-refractivity contribution in [3.8, 4) is 0 Å². The summed E-state index contributed by atoms with van der Waals surface area (Å²) in [6.07, 6.45) is -0.667. The largest absolute Gasteiger partial charge is 0.412 e. The van der Waals surface area contributed by atoms with Gasteiger partial charge in [0.2, 0.25) is 0 Å². The van der Waals surface area contributed by atoms with Crippen molar-refractivity contribution in [2.24, 2.45) is 5.73 Å². The summed E-state index contributed by atoms with van der Waals surface area (Å²) in [5.41, 5.74) is 4.67. The topological polar surface area (TPSA) is 152 Å². The molecule has 7 N–H and O–H groups in total. The van der Waals surface area contributed by atoms with Crippen molar-refractivity contribution >= 4 is 10.4 Å². The smallest absolute Gasteiger partial charge is 0.394 e. The van der Waals surface area contributed by atoms with E-state index < -0.39 is 16.6 Å². The lowest BCUT2D eigenvalue weighted by Gasteiger charge is -1.82. The van der Waals surface area contributed by atoms with Gasteiger partial charge in [-0.25, -0.2) is 0 Å². The molecule has 0 bridgehead atoms. The van der Waals surface area contributed by atoms with Crippen molar-refractivity contribution in [2.45, 2.75) is 13.2 Å². The summed E-state index contributed by atoms with van der Waals surface area (Å²) in [5, 5.41) is 7.83. The van der Waals surface area contributed by atoms with Crippen LogP contribution >= 0.6 is 0 Å². The highest BCUT2D eigenvalue weighted by atomic mass is 32.3. The third kappa shape index (κ3) is 5650. The van der Waals surface area contributed by atoms with Crippen molar-refractivity contribution in [1.82, 2.24) is 0 Å². The molecule has 0 amide bonds. The molecule has 0 aliphatic heterocycles. The molecule has 0 aromatic heterocycles. The van der Waals surface area contributed by atoms with Gasteiger partial charge in [0, 0.05) is 0 Å². The van der Waals surface area contributed by atoms with Crippen molar-refractivity contribution in [3.63, 3.8) is 0 Å². The fraction of sp³-hybridized carbons (Fsp3) is 1.00. The SMILES string of the molecule is CC(N)O.O.O=S(=O)(O)O. The Hall–Kier alpha value is -0.250. The van der Waals surface area contributed by atoms with E-state index in [9.17, 15) is 0 Å². The first-order valence-corrected chi connectivity index (χ1v) is 3.26. The van der Waals surface area contributed by atoms with E-state index in [2.05, 4.69) is 5.73 Å². The summed E-state index contributed by atoms with van der Waals surface area (Å²) in [4.78, 5) is 0. The van der Waals surface area contributed by atoms with Gasteiger partial charge >= 0.3 is 10.4 Å². The Labute approximate surface area is 58.4 Å². The van der Waals surface area contributed by atoms with Crippen LogP contribution in [0.3, 0.4) is 0 Å². The molecule has 0 rings (SSSR count). The maximum atomic E-state index is 8.74. The van der Waals surface area contributed by atoms with E-state index in [0.29, 0.717) is 0 Å². The first-order chi connectivity index (χ1) is 3.73. The molecule has 0 fully saturated rings. The van der Waals surface area contributed by atoms with E-state index in [-0.39, 0.29) is 5.48 Å². The van der Waals surface area contributed by atoms with Gasteiger partial charge in [-0.3, -0.25) is 9.11 Å². The number of nitrogens with two attached hydrogens (primary N) is 1. The van der Waals surface area contributed by atoms with Gasteiger partial charge in [0.15, 0.2) is 0 Å². The molecule has 1 unspecified atom stereocenters. The zero-order chi connectivity index (χ0) is 8.08. The molecule has 0 aromatic carbocycles. The van der Waals surface area contributed by atoms with E-state index in [1.165, 1.54) is 6.92 Å². The van der Waals surface area contributed by atoms with Gasteiger partial charge in [-0.05, 0) is 6.92 Å². The maximum absolute atomic E-state index is 8.74. The molecule has 0 saturated carbocycles. The molecular weight excluding hydrogens is 166 g/mol. The van der Waals surface area contributed by atoms with Crippen LogP contribution in [0.5, 0.6) is 0 Å². The summed E-state index contributed by atoms with van der Waals surface area (Å²) in [6, 6.07) is 0. The minimum absolute atomic E-state index is 0. The van der Waals surface area contributed by atoms with Gasteiger partial charge in [-0.2, -0.15) is 8.42 Å². The fourth-order valence-corrected chi connectivity index (χ4v) is 0. The third-order valence-corrected chi connectivity index (χ3v) is 0. The third-order valence-electron chi connectivity index (χ3n) is 0. The average Bonchev–Trinajstić information content (AvgIpc) is 1.19. The molecule has 66 valence electrons. The van der Waals surface area contributed by atoms with Crippen molar-refractivity contribution in [3.05, 3.63) is 0 Å². The Morgan fingerprint density at radius 2 is 1.40 bits per heavy atom. The average molecular weight is 177 g/mol. The second-order valence-electron chi connectivity index (χ2n) is 1.19. The summed E-state index contributed by atoms with van der Waals surface area (Å²) >= 11 is 0. The van der Waals surface area contributed by atoms with Crippen LogP contribution in [0, 0.1) is 0 Å². The Bertz CT molecular complexity index is 127. The van der Waals surface area contributed by atoms with Crippen LogP contribution in [-0.4, -0.2) is 34.3 Å². The van der Waals surface area contributed by atoms with Crippen LogP contribution in [0.25, 0.3) is 0 Å². The fourth-order valence-electron chi connectivity index (χ4n) is 0. The van der Waals surface area contributed by atoms with Gasteiger partial charge in [0.25, 0.3) is 0 Å². The zero-order valence-electron chi connectivity index (χ0n) is 5.22. The van der Waals surface area contributed by atoms with E-state index in [4.69, 9.17) is 22.6 Å². The lowest BCUT2D eigenvalue weighted by atomic mass is 10.7. The van der Waals surface area contributed by atoms with Crippen LogP contribution in [0.4, 0.5) is 0 Å². The van der Waals surface area contributed by atoms with Crippen LogP contribution in [0.15, 0.2) is 0 Å². The number of hydrogen-bond donors (Lipinski definition) is 4. The summed E-state index contributed by atoms with van der Waals surface area (Å²) in [7, 11) is -4.67. The summed E-state index contributed by atoms with van der Waals surface area (Å²) in [5.74, 6) is 0. The molecule has 1 atom stereocenters. The molecule has 0 saturated heterocycles. The van der Waals surface area contributed by atoms with Crippen molar-refractivity contribution < 1.29 is 28.1 Å². The molecular formula is C2H11NO6S. The Morgan fingerprint density at radius 1 is 1.40 bits per heavy atom. The predicted octanol–water partition coefficient (Wildman–Crippen LogP) is -2.19. The van der Waals surface area contributed by atoms with E-state index in [0.717, 1.165) is 0 Å². The molecule has 0 aliphatic carbocycles. The van der Waals surface area contributed by atoms with Crippen LogP contribution in [-0.2, 0) is 10.4 Å². The van der Waals surface area contributed by atoms with Gasteiger partial charge in [-0.15, -0.1) is 0 Å². The maximum Gasteiger partial charge on any atom is 0.394 e. The summed E-state index contributed by atoms with van der Waals surface area (Å²) < 4.78 is 31.6. The minimum Gasteiger partial charge on any atom is -0.412 e. The quantitative estimate of drug-likeness (QED) is 0.243. The normalized spacial score (nSPS) is 12.1. The first-order valence-electron chi connectivity index (χ1n) is 1.87. The lowest BCUT2D eigenvalue weighted by molar-refractivity contribution is 0.203. The standard InChI is InChI=1S/C2H7NO.H2O4S.H2O/c1-2(3)4;1-5(2,3)4;/h2,4H,3H2,1H3;(H2,1,2,3,4);1H2. The molecule has 0 heterocycles.